The maximum atomic E-state index is 11.4. The molecule has 1 aliphatic heterocycles. The van der Waals surface area contributed by atoms with Crippen molar-refractivity contribution in [1.82, 2.24) is 4.98 Å². The Morgan fingerprint density at radius 2 is 2.62 bits per heavy atom. The van der Waals surface area contributed by atoms with Crippen LogP contribution in [0.1, 0.15) is 12.1 Å². The summed E-state index contributed by atoms with van der Waals surface area (Å²) in [5.41, 5.74) is 2.84. The third-order valence-corrected chi connectivity index (χ3v) is 2.88. The molecule has 0 aromatic carbocycles. The molecule has 3 nitrogen and oxygen atoms in total. The molecule has 0 aliphatic carbocycles. The largest absolute Gasteiger partial charge is 0.374 e. The summed E-state index contributed by atoms with van der Waals surface area (Å²) in [7, 11) is 0. The van der Waals surface area contributed by atoms with Crippen LogP contribution in [0.4, 0.5) is 0 Å². The number of aromatic nitrogens is 1. The number of Topliss-reactive ketones (excluding diaryl/α,β-unsaturated/α-hetero) is 1. The Labute approximate surface area is 80.8 Å². The van der Waals surface area contributed by atoms with Crippen LogP contribution in [0.3, 0.4) is 0 Å². The van der Waals surface area contributed by atoms with E-state index in [1.54, 1.807) is 16.8 Å². The van der Waals surface area contributed by atoms with E-state index in [0.717, 1.165) is 18.5 Å². The Morgan fingerprint density at radius 1 is 1.69 bits per heavy atom. The highest BCUT2D eigenvalue weighted by Gasteiger charge is 2.23. The van der Waals surface area contributed by atoms with Crippen molar-refractivity contribution in [3.8, 4) is 0 Å². The molecule has 1 saturated heterocycles. The highest BCUT2D eigenvalue weighted by Crippen LogP contribution is 2.17. The first-order valence-corrected chi connectivity index (χ1v) is 5.28. The molecule has 0 spiro atoms. The van der Waals surface area contributed by atoms with Crippen molar-refractivity contribution < 1.29 is 9.53 Å². The second-order valence-corrected chi connectivity index (χ2v) is 3.91. The van der Waals surface area contributed by atoms with Crippen LogP contribution in [0.2, 0.25) is 0 Å². The minimum absolute atomic E-state index is 0.135. The first-order valence-electron chi connectivity index (χ1n) is 4.34. The lowest BCUT2D eigenvalue weighted by Gasteiger charge is -2.19. The van der Waals surface area contributed by atoms with Crippen LogP contribution >= 0.6 is 11.3 Å². The zero-order valence-corrected chi connectivity index (χ0v) is 8.05. The van der Waals surface area contributed by atoms with Crippen molar-refractivity contribution in [1.29, 1.82) is 0 Å². The predicted octanol–water partition coefficient (Wildman–Crippen LogP) is 1.29. The lowest BCUT2D eigenvalue weighted by molar-refractivity contribution is -0.132. The minimum atomic E-state index is 0.135. The van der Waals surface area contributed by atoms with E-state index < -0.39 is 0 Å². The number of ether oxygens (including phenoxy) is 1. The van der Waals surface area contributed by atoms with Crippen molar-refractivity contribution in [2.75, 3.05) is 13.2 Å². The van der Waals surface area contributed by atoms with Gasteiger partial charge in [-0.3, -0.25) is 4.79 Å². The van der Waals surface area contributed by atoms with Gasteiger partial charge in [-0.2, -0.15) is 0 Å². The summed E-state index contributed by atoms with van der Waals surface area (Å²) in [6.07, 6.45) is 1.63. The minimum Gasteiger partial charge on any atom is -0.374 e. The van der Waals surface area contributed by atoms with Gasteiger partial charge in [0.1, 0.15) is 6.61 Å². The van der Waals surface area contributed by atoms with Crippen LogP contribution in [0, 0.1) is 5.92 Å². The van der Waals surface area contributed by atoms with Crippen LogP contribution in [0.5, 0.6) is 0 Å². The molecule has 1 unspecified atom stereocenters. The van der Waals surface area contributed by atoms with Gasteiger partial charge in [0.25, 0.3) is 0 Å². The van der Waals surface area contributed by atoms with Gasteiger partial charge in [-0.1, -0.05) is 0 Å². The van der Waals surface area contributed by atoms with Crippen LogP contribution in [0.15, 0.2) is 10.9 Å². The van der Waals surface area contributed by atoms with Crippen molar-refractivity contribution in [2.24, 2.45) is 5.92 Å². The van der Waals surface area contributed by atoms with Gasteiger partial charge >= 0.3 is 0 Å². The summed E-state index contributed by atoms with van der Waals surface area (Å²) in [6, 6.07) is 0. The van der Waals surface area contributed by atoms with E-state index in [2.05, 4.69) is 4.98 Å². The third-order valence-electron chi connectivity index (χ3n) is 2.25. The maximum Gasteiger partial charge on any atom is 0.162 e. The van der Waals surface area contributed by atoms with Crippen molar-refractivity contribution in [3.05, 3.63) is 16.6 Å². The van der Waals surface area contributed by atoms with E-state index in [9.17, 15) is 4.79 Å². The van der Waals surface area contributed by atoms with Crippen molar-refractivity contribution >= 4 is 17.1 Å². The standard InChI is InChI=1S/C9H11NO2S/c11-9-4-12-2-1-7(9)3-8-5-13-6-10-8/h5-7H,1-4H2. The highest BCUT2D eigenvalue weighted by atomic mass is 32.1. The Balaban J connectivity index is 1.97. The zero-order chi connectivity index (χ0) is 9.10. The van der Waals surface area contributed by atoms with Crippen molar-refractivity contribution in [3.63, 3.8) is 0 Å². The van der Waals surface area contributed by atoms with Gasteiger partial charge in [-0.25, -0.2) is 4.98 Å². The quantitative estimate of drug-likeness (QED) is 0.717. The van der Waals surface area contributed by atoms with Crippen LogP contribution in [0.25, 0.3) is 0 Å². The SMILES string of the molecule is O=C1COCCC1Cc1cscn1. The summed E-state index contributed by atoms with van der Waals surface area (Å²) in [5, 5.41) is 2.00. The topological polar surface area (TPSA) is 39.2 Å². The molecule has 0 amide bonds. The number of ketones is 1. The van der Waals surface area contributed by atoms with E-state index in [1.807, 2.05) is 5.38 Å². The number of hydrogen-bond acceptors (Lipinski definition) is 4. The number of carbonyl (C=O) groups excluding carboxylic acids is 1. The maximum absolute atomic E-state index is 11.4. The molecule has 2 rings (SSSR count). The summed E-state index contributed by atoms with van der Waals surface area (Å²) < 4.78 is 5.06. The number of hydrogen-bond donors (Lipinski definition) is 0. The van der Waals surface area contributed by atoms with Crippen molar-refractivity contribution in [2.45, 2.75) is 12.8 Å². The van der Waals surface area contributed by atoms with E-state index >= 15 is 0 Å². The van der Waals surface area contributed by atoms with Gasteiger partial charge < -0.3 is 4.74 Å². The van der Waals surface area contributed by atoms with Gasteiger partial charge in [0.2, 0.25) is 0 Å². The second kappa shape index (κ2) is 3.98. The molecule has 0 bridgehead atoms. The summed E-state index contributed by atoms with van der Waals surface area (Å²) in [6.45, 7) is 0.995. The first kappa shape index (κ1) is 8.84. The number of carbonyl (C=O) groups is 1. The molecule has 70 valence electrons. The number of nitrogens with zero attached hydrogens (tertiary/aromatic N) is 1. The van der Waals surface area contributed by atoms with Gasteiger partial charge in [-0.05, 0) is 6.42 Å². The monoisotopic (exact) mass is 197 g/mol. The lowest BCUT2D eigenvalue weighted by atomic mass is 9.94. The summed E-state index contributed by atoms with van der Waals surface area (Å²) in [4.78, 5) is 15.5. The fourth-order valence-corrected chi connectivity index (χ4v) is 2.06. The fraction of sp³-hybridized carbons (Fsp3) is 0.556. The number of thiazole rings is 1. The molecule has 0 saturated carbocycles. The summed E-state index contributed by atoms with van der Waals surface area (Å²) >= 11 is 1.58. The third kappa shape index (κ3) is 2.14. The second-order valence-electron chi connectivity index (χ2n) is 3.19. The van der Waals surface area contributed by atoms with Crippen LogP contribution in [-0.4, -0.2) is 24.0 Å². The lowest BCUT2D eigenvalue weighted by Crippen LogP contribution is -2.28. The predicted molar refractivity (Wildman–Crippen MR) is 49.8 cm³/mol. The first-order chi connectivity index (χ1) is 6.36. The Bertz CT molecular complexity index is 284. The average Bonchev–Trinajstić information content (AvgIpc) is 2.61. The molecular formula is C9H11NO2S. The van der Waals surface area contributed by atoms with E-state index in [4.69, 9.17) is 4.74 Å². The Morgan fingerprint density at radius 3 is 3.31 bits per heavy atom. The van der Waals surface area contributed by atoms with Gasteiger partial charge in [0, 0.05) is 24.3 Å². The molecule has 2 heterocycles. The van der Waals surface area contributed by atoms with Gasteiger partial charge in [0.05, 0.1) is 11.2 Å². The van der Waals surface area contributed by atoms with E-state index in [1.165, 1.54) is 0 Å². The van der Waals surface area contributed by atoms with Gasteiger partial charge in [0.15, 0.2) is 5.78 Å². The fourth-order valence-electron chi connectivity index (χ4n) is 1.48. The Kier molecular flexibility index (Phi) is 2.71. The smallest absolute Gasteiger partial charge is 0.162 e. The normalized spacial score (nSPS) is 23.4. The molecule has 0 N–H and O–H groups in total. The number of rotatable bonds is 2. The molecule has 1 aromatic heterocycles. The molecule has 13 heavy (non-hydrogen) atoms. The molecule has 1 fully saturated rings. The Hall–Kier alpha value is -0.740. The van der Waals surface area contributed by atoms with Crippen LogP contribution in [-0.2, 0) is 16.0 Å². The average molecular weight is 197 g/mol. The van der Waals surface area contributed by atoms with E-state index in [-0.39, 0.29) is 18.3 Å². The molecule has 4 heteroatoms. The zero-order valence-electron chi connectivity index (χ0n) is 7.23. The highest BCUT2D eigenvalue weighted by molar-refractivity contribution is 7.07. The molecule has 1 aromatic rings. The molecule has 1 atom stereocenters. The molecular weight excluding hydrogens is 186 g/mol. The van der Waals surface area contributed by atoms with Gasteiger partial charge in [-0.15, -0.1) is 11.3 Å². The summed E-state index contributed by atoms with van der Waals surface area (Å²) in [5.74, 6) is 0.357. The molecule has 0 radical (unpaired) electrons. The van der Waals surface area contributed by atoms with E-state index in [0.29, 0.717) is 6.61 Å². The molecule has 1 aliphatic rings. The van der Waals surface area contributed by atoms with Crippen LogP contribution < -0.4 is 0 Å².